The van der Waals surface area contributed by atoms with E-state index in [4.69, 9.17) is 32.0 Å². The summed E-state index contributed by atoms with van der Waals surface area (Å²) in [6.45, 7) is 6.34. The molecule has 0 fully saturated rings. The third-order valence-electron chi connectivity index (χ3n) is 9.50. The van der Waals surface area contributed by atoms with Crippen molar-refractivity contribution in [3.63, 3.8) is 0 Å². The van der Waals surface area contributed by atoms with Crippen LogP contribution in [0.2, 0.25) is 0 Å². The molecule has 16 heteroatoms. The number of anilines is 1. The standard InChI is InChI=1S/C18H30ClNO4S2.C18H29ClO2S.C7H7ClO2S/c1-2-3-4-5-6-7-8-9-10-11-16-25(21,22)20-17-12-14-18(15-13-17)26(19,23)24;1-2-3-4-5-6-7-8-9-10-11-12-17-13-15-18(16-14-17)22(19,20)21;1-6-2-4-7(5-3-6)11(8,9)10/h12-15,20H,2-11,16H2,1H3;13-16H,2-12H2,1H3;2-5H,1H3. The van der Waals surface area contributed by atoms with Gasteiger partial charge in [0.05, 0.1) is 20.4 Å². The molecule has 0 spiro atoms. The second kappa shape index (κ2) is 30.2. The van der Waals surface area contributed by atoms with E-state index in [2.05, 4.69) is 18.6 Å². The Labute approximate surface area is 370 Å². The molecule has 3 aromatic rings. The van der Waals surface area contributed by atoms with Crippen LogP contribution in [-0.2, 0) is 43.6 Å². The number of hydrogen-bond acceptors (Lipinski definition) is 8. The predicted octanol–water partition coefficient (Wildman–Crippen LogP) is 13.3. The van der Waals surface area contributed by atoms with E-state index >= 15 is 0 Å². The first-order valence-electron chi connectivity index (χ1n) is 20.9. The molecule has 0 aliphatic heterocycles. The molecule has 0 aromatic heterocycles. The molecule has 1 N–H and O–H groups in total. The zero-order valence-corrected chi connectivity index (χ0v) is 40.6. The van der Waals surface area contributed by atoms with E-state index in [-0.39, 0.29) is 20.4 Å². The lowest BCUT2D eigenvalue weighted by molar-refractivity contribution is 0.556. The van der Waals surface area contributed by atoms with E-state index in [1.807, 2.05) is 19.1 Å². The van der Waals surface area contributed by atoms with Crippen LogP contribution in [0.5, 0.6) is 0 Å². The van der Waals surface area contributed by atoms with Crippen LogP contribution in [0.4, 0.5) is 5.69 Å². The van der Waals surface area contributed by atoms with Crippen molar-refractivity contribution in [2.45, 2.75) is 170 Å². The average Bonchev–Trinajstić information content (AvgIpc) is 3.16. The van der Waals surface area contributed by atoms with Crippen LogP contribution < -0.4 is 4.72 Å². The molecular weight excluding hydrogens is 893 g/mol. The van der Waals surface area contributed by atoms with Gasteiger partial charge >= 0.3 is 0 Å². The molecule has 3 rings (SSSR count). The first kappa shape index (κ1) is 55.1. The summed E-state index contributed by atoms with van der Waals surface area (Å²) in [5, 5.41) is 0. The lowest BCUT2D eigenvalue weighted by Gasteiger charge is -2.08. The Morgan fingerprint density at radius 3 is 1.07 bits per heavy atom. The van der Waals surface area contributed by atoms with Crippen molar-refractivity contribution >= 4 is 74.9 Å². The second-order valence-electron chi connectivity index (χ2n) is 14.8. The quantitative estimate of drug-likeness (QED) is 0.0586. The van der Waals surface area contributed by atoms with Gasteiger partial charge in [-0.1, -0.05) is 159 Å². The van der Waals surface area contributed by atoms with Crippen LogP contribution in [0.25, 0.3) is 0 Å². The second-order valence-corrected chi connectivity index (χ2v) is 24.4. The maximum absolute atomic E-state index is 12.1. The molecule has 0 bridgehead atoms. The van der Waals surface area contributed by atoms with Crippen LogP contribution in [0.3, 0.4) is 0 Å². The third-order valence-corrected chi connectivity index (χ3v) is 15.0. The summed E-state index contributed by atoms with van der Waals surface area (Å²) in [5.41, 5.74) is 2.53. The average molecular weight is 960 g/mol. The van der Waals surface area contributed by atoms with Gasteiger partial charge in [0.1, 0.15) is 0 Å². The Morgan fingerprint density at radius 2 is 0.712 bits per heavy atom. The van der Waals surface area contributed by atoms with Gasteiger partial charge in [-0.05, 0) is 80.3 Å². The van der Waals surface area contributed by atoms with Gasteiger partial charge < -0.3 is 0 Å². The largest absolute Gasteiger partial charge is 0.284 e. The first-order valence-corrected chi connectivity index (χ1v) is 29.5. The smallest absolute Gasteiger partial charge is 0.261 e. The van der Waals surface area contributed by atoms with Crippen LogP contribution in [0.15, 0.2) is 87.5 Å². The van der Waals surface area contributed by atoms with Gasteiger partial charge in [0, 0.05) is 37.7 Å². The Bertz CT molecular complexity index is 2010. The molecule has 0 aliphatic rings. The van der Waals surface area contributed by atoms with Crippen molar-refractivity contribution in [3.05, 3.63) is 83.9 Å². The molecule has 0 heterocycles. The molecular formula is C43H66Cl3NO8S4. The highest BCUT2D eigenvalue weighted by molar-refractivity contribution is 8.14. The Morgan fingerprint density at radius 1 is 0.407 bits per heavy atom. The van der Waals surface area contributed by atoms with Crippen LogP contribution >= 0.6 is 32.0 Å². The summed E-state index contributed by atoms with van der Waals surface area (Å²) < 4.78 is 92.7. The summed E-state index contributed by atoms with van der Waals surface area (Å²) in [4.78, 5) is 0.266. The number of halogens is 3. The van der Waals surface area contributed by atoms with Gasteiger partial charge in [0.25, 0.3) is 27.2 Å². The monoisotopic (exact) mass is 957 g/mol. The molecule has 0 saturated heterocycles. The van der Waals surface area contributed by atoms with Gasteiger partial charge in [-0.25, -0.2) is 33.7 Å². The topological polar surface area (TPSA) is 149 Å². The predicted molar refractivity (Wildman–Crippen MR) is 248 cm³/mol. The summed E-state index contributed by atoms with van der Waals surface area (Å²) in [6, 6.07) is 18.6. The number of benzene rings is 3. The molecule has 59 heavy (non-hydrogen) atoms. The van der Waals surface area contributed by atoms with Crippen molar-refractivity contribution in [1.29, 1.82) is 0 Å². The number of aryl methyl sites for hydroxylation is 2. The van der Waals surface area contributed by atoms with Crippen LogP contribution in [0.1, 0.15) is 153 Å². The summed E-state index contributed by atoms with van der Waals surface area (Å²) in [6.07, 6.45) is 25.8. The summed E-state index contributed by atoms with van der Waals surface area (Å²) >= 11 is 0. The zero-order chi connectivity index (χ0) is 44.2. The van der Waals surface area contributed by atoms with Crippen molar-refractivity contribution in [2.75, 3.05) is 10.5 Å². The minimum Gasteiger partial charge on any atom is -0.284 e. The molecule has 0 unspecified atom stereocenters. The zero-order valence-electron chi connectivity index (χ0n) is 35.0. The maximum Gasteiger partial charge on any atom is 0.261 e. The van der Waals surface area contributed by atoms with E-state index in [0.29, 0.717) is 12.1 Å². The minimum absolute atomic E-state index is 0.0585. The minimum atomic E-state index is -3.80. The lowest BCUT2D eigenvalue weighted by Crippen LogP contribution is -2.16. The SMILES string of the molecule is CCCCCCCCCCCCS(=O)(=O)Nc1ccc(S(=O)(=O)Cl)cc1.CCCCCCCCCCCCc1ccc(S(=O)(=O)Cl)cc1.Cc1ccc(S(=O)(=O)Cl)cc1. The third kappa shape index (κ3) is 28.4. The number of rotatable bonds is 27. The van der Waals surface area contributed by atoms with Gasteiger partial charge in [-0.15, -0.1) is 0 Å². The lowest BCUT2D eigenvalue weighted by atomic mass is 10.0. The van der Waals surface area contributed by atoms with Crippen molar-refractivity contribution in [1.82, 2.24) is 0 Å². The highest BCUT2D eigenvalue weighted by Crippen LogP contribution is 2.20. The number of hydrogen-bond donors (Lipinski definition) is 1. The molecule has 0 atom stereocenters. The van der Waals surface area contributed by atoms with Gasteiger partial charge in [0.15, 0.2) is 0 Å². The van der Waals surface area contributed by atoms with Gasteiger partial charge in [-0.3, -0.25) is 4.72 Å². The Balaban J connectivity index is 0.000000475. The molecule has 0 saturated carbocycles. The van der Waals surface area contributed by atoms with E-state index in [0.717, 1.165) is 31.2 Å². The van der Waals surface area contributed by atoms with E-state index in [1.165, 1.54) is 145 Å². The summed E-state index contributed by atoms with van der Waals surface area (Å²) in [5.74, 6) is 0.0685. The number of nitrogens with one attached hydrogen (secondary N) is 1. The fourth-order valence-electron chi connectivity index (χ4n) is 6.03. The Kier molecular flexibility index (Phi) is 28.2. The highest BCUT2D eigenvalue weighted by Gasteiger charge is 2.13. The molecule has 0 radical (unpaired) electrons. The Hall–Kier alpha value is -1.87. The molecule has 0 amide bonds. The fraction of sp³-hybridized carbons (Fsp3) is 0.581. The van der Waals surface area contributed by atoms with Crippen LogP contribution in [0, 0.1) is 6.92 Å². The van der Waals surface area contributed by atoms with Crippen LogP contribution in [-0.4, -0.2) is 39.4 Å². The van der Waals surface area contributed by atoms with Crippen molar-refractivity contribution < 1.29 is 33.7 Å². The van der Waals surface area contributed by atoms with Gasteiger partial charge in [0.2, 0.25) is 10.0 Å². The van der Waals surface area contributed by atoms with Crippen molar-refractivity contribution in [3.8, 4) is 0 Å². The van der Waals surface area contributed by atoms with E-state index < -0.39 is 37.2 Å². The maximum atomic E-state index is 12.1. The van der Waals surface area contributed by atoms with E-state index in [1.54, 1.807) is 24.3 Å². The molecule has 9 nitrogen and oxygen atoms in total. The summed E-state index contributed by atoms with van der Waals surface area (Å²) in [7, 11) is 1.25. The highest BCUT2D eigenvalue weighted by atomic mass is 35.7. The molecule has 336 valence electrons. The molecule has 3 aromatic carbocycles. The van der Waals surface area contributed by atoms with E-state index in [9.17, 15) is 33.7 Å². The normalized spacial score (nSPS) is 11.9. The molecule has 0 aliphatic carbocycles. The fourth-order valence-corrected chi connectivity index (χ4v) is 9.52. The van der Waals surface area contributed by atoms with Crippen molar-refractivity contribution in [2.24, 2.45) is 0 Å². The number of sulfonamides is 1. The number of unbranched alkanes of at least 4 members (excludes halogenated alkanes) is 18. The first-order chi connectivity index (χ1) is 27.8. The van der Waals surface area contributed by atoms with Gasteiger partial charge in [-0.2, -0.15) is 0 Å².